The van der Waals surface area contributed by atoms with E-state index in [1.165, 1.54) is 6.41 Å². The van der Waals surface area contributed by atoms with Gasteiger partial charge in [0.25, 0.3) is 0 Å². The predicted octanol–water partition coefficient (Wildman–Crippen LogP) is -1.03. The second kappa shape index (κ2) is 10.9. The van der Waals surface area contributed by atoms with Crippen LogP contribution in [0.5, 0.6) is 0 Å². The van der Waals surface area contributed by atoms with Gasteiger partial charge in [-0.1, -0.05) is 0 Å². The fourth-order valence-electron chi connectivity index (χ4n) is 0.794. The van der Waals surface area contributed by atoms with Crippen molar-refractivity contribution in [1.82, 2.24) is 5.32 Å². The van der Waals surface area contributed by atoms with Gasteiger partial charge in [0.15, 0.2) is 0 Å². The maximum Gasteiger partial charge on any atom is 0.328 e. The Morgan fingerprint density at radius 2 is 2.19 bits per heavy atom. The van der Waals surface area contributed by atoms with E-state index in [9.17, 15) is 9.59 Å². The van der Waals surface area contributed by atoms with Gasteiger partial charge in [-0.15, -0.1) is 0 Å². The number of aliphatic hydroxyl groups is 1. The molecule has 0 aromatic heterocycles. The Labute approximate surface area is 107 Å². The topological polar surface area (TPSA) is 84.9 Å². The molecule has 0 aromatic carbocycles. The molecule has 0 aliphatic carbocycles. The molecule has 1 amide bonds. The number of carbonyl (C=O) groups excluding carboxylic acids is 2. The number of aliphatic hydroxyl groups excluding tert-OH is 1. The molecule has 0 rings (SSSR count). The van der Waals surface area contributed by atoms with E-state index in [1.54, 1.807) is 7.11 Å². The van der Waals surface area contributed by atoms with Gasteiger partial charge in [0, 0.05) is 32.1 Å². The maximum absolute atomic E-state index is 11.2. The molecular formula is C9H16NO5V-. The van der Waals surface area contributed by atoms with E-state index in [-0.39, 0.29) is 31.3 Å². The van der Waals surface area contributed by atoms with Gasteiger partial charge < -0.3 is 24.7 Å². The van der Waals surface area contributed by atoms with Crippen LogP contribution in [0.15, 0.2) is 0 Å². The minimum atomic E-state index is -1.04. The summed E-state index contributed by atoms with van der Waals surface area (Å²) in [7, 11) is 1.56. The van der Waals surface area contributed by atoms with Gasteiger partial charge in [0.05, 0.1) is 19.3 Å². The van der Waals surface area contributed by atoms with Crippen LogP contribution in [-0.2, 0) is 37.6 Å². The fraction of sp³-hybridized carbons (Fsp3) is 0.778. The van der Waals surface area contributed by atoms with Gasteiger partial charge in [-0.2, -0.15) is 6.41 Å². The molecule has 0 aromatic rings. The molecule has 0 aliphatic rings. The van der Waals surface area contributed by atoms with E-state index in [0.29, 0.717) is 6.42 Å². The molecule has 6 nitrogen and oxygen atoms in total. The van der Waals surface area contributed by atoms with Crippen LogP contribution in [0.3, 0.4) is 0 Å². The standard InChI is InChI=1S/C9H16NO5.V/c1-7(14-2)3-4-15-9(13)8(5-11)10-6-12;/h7-8,11H,3-5H2,1-2H3,(H,10,12);/q-1;/t7-,8+;/m1./s1. The van der Waals surface area contributed by atoms with Crippen LogP contribution in [0, 0.1) is 0 Å². The van der Waals surface area contributed by atoms with Crippen LogP contribution in [0.25, 0.3) is 0 Å². The minimum Gasteiger partial charge on any atom is -0.520 e. The Morgan fingerprint density at radius 3 is 2.62 bits per heavy atom. The summed E-state index contributed by atoms with van der Waals surface area (Å²) in [5.74, 6) is -0.677. The molecule has 0 aliphatic heterocycles. The number of hydrogen-bond donors (Lipinski definition) is 2. The quantitative estimate of drug-likeness (QED) is 0.334. The zero-order valence-corrected chi connectivity index (χ0v) is 10.7. The fourth-order valence-corrected chi connectivity index (χ4v) is 0.794. The maximum atomic E-state index is 11.2. The van der Waals surface area contributed by atoms with Gasteiger partial charge in [-0.3, -0.25) is 0 Å². The number of methoxy groups -OCH3 is 1. The van der Waals surface area contributed by atoms with E-state index >= 15 is 0 Å². The van der Waals surface area contributed by atoms with Crippen LogP contribution in [0.2, 0.25) is 0 Å². The SMILES string of the molecule is CO[C@H](C)CCOC(=O)[C@H](CO)N[C-]=O.[V]. The number of esters is 1. The first-order valence-electron chi connectivity index (χ1n) is 4.58. The molecule has 0 saturated heterocycles. The molecular weight excluding hydrogens is 253 g/mol. The Kier molecular flexibility index (Phi) is 12.2. The van der Waals surface area contributed by atoms with Gasteiger partial charge in [0.2, 0.25) is 0 Å². The number of nitrogens with one attached hydrogen (secondary N) is 1. The van der Waals surface area contributed by atoms with Crippen LogP contribution >= 0.6 is 0 Å². The van der Waals surface area contributed by atoms with Crippen molar-refractivity contribution >= 4 is 12.4 Å². The largest absolute Gasteiger partial charge is 0.520 e. The molecule has 0 spiro atoms. The average Bonchev–Trinajstić information content (AvgIpc) is 2.25. The van der Waals surface area contributed by atoms with Crippen molar-refractivity contribution in [3.05, 3.63) is 0 Å². The first-order valence-corrected chi connectivity index (χ1v) is 4.58. The summed E-state index contributed by atoms with van der Waals surface area (Å²) in [5.41, 5.74) is 0. The summed E-state index contributed by atoms with van der Waals surface area (Å²) >= 11 is 0. The Morgan fingerprint density at radius 1 is 1.56 bits per heavy atom. The van der Waals surface area contributed by atoms with Crippen molar-refractivity contribution in [3.63, 3.8) is 0 Å². The molecule has 0 saturated carbocycles. The molecule has 0 bridgehead atoms. The average molecular weight is 269 g/mol. The number of carbonyl (C=O) groups is 1. The third-order valence-electron chi connectivity index (χ3n) is 1.87. The van der Waals surface area contributed by atoms with Gasteiger partial charge >= 0.3 is 5.97 Å². The van der Waals surface area contributed by atoms with Crippen molar-refractivity contribution in [2.75, 3.05) is 20.3 Å². The first kappa shape index (κ1) is 17.8. The van der Waals surface area contributed by atoms with Crippen LogP contribution in [0.1, 0.15) is 13.3 Å². The summed E-state index contributed by atoms with van der Waals surface area (Å²) in [4.78, 5) is 21.1. The van der Waals surface area contributed by atoms with Crippen molar-refractivity contribution < 1.29 is 42.7 Å². The Hall–Kier alpha value is -0.556. The third kappa shape index (κ3) is 7.70. The summed E-state index contributed by atoms with van der Waals surface area (Å²) in [5, 5.41) is 10.7. The number of hydrogen-bond acceptors (Lipinski definition) is 5. The summed E-state index contributed by atoms with van der Waals surface area (Å²) in [6.07, 6.45) is 1.88. The summed E-state index contributed by atoms with van der Waals surface area (Å²) < 4.78 is 9.75. The number of amides is 1. The van der Waals surface area contributed by atoms with Crippen LogP contribution in [-0.4, -0.2) is 50.0 Å². The van der Waals surface area contributed by atoms with E-state index in [0.717, 1.165) is 0 Å². The monoisotopic (exact) mass is 269 g/mol. The molecule has 7 heteroatoms. The number of rotatable bonds is 8. The van der Waals surface area contributed by atoms with Crippen molar-refractivity contribution in [1.29, 1.82) is 0 Å². The molecule has 0 fully saturated rings. The summed E-state index contributed by atoms with van der Waals surface area (Å²) in [6.45, 7) is 1.52. The zero-order valence-electron chi connectivity index (χ0n) is 9.30. The normalized spacial score (nSPS) is 13.2. The van der Waals surface area contributed by atoms with E-state index < -0.39 is 18.6 Å². The molecule has 16 heavy (non-hydrogen) atoms. The second-order valence-corrected chi connectivity index (χ2v) is 2.98. The van der Waals surface area contributed by atoms with E-state index in [2.05, 4.69) is 0 Å². The number of ether oxygens (including phenoxy) is 2. The smallest absolute Gasteiger partial charge is 0.328 e. The molecule has 2 N–H and O–H groups in total. The molecule has 0 unspecified atom stereocenters. The van der Waals surface area contributed by atoms with Crippen LogP contribution < -0.4 is 5.32 Å². The third-order valence-corrected chi connectivity index (χ3v) is 1.87. The van der Waals surface area contributed by atoms with Crippen molar-refractivity contribution in [3.8, 4) is 0 Å². The first-order chi connectivity index (χ1) is 7.15. The zero-order chi connectivity index (χ0) is 11.7. The van der Waals surface area contributed by atoms with Gasteiger partial charge in [0.1, 0.15) is 6.04 Å². The second-order valence-electron chi connectivity index (χ2n) is 2.98. The van der Waals surface area contributed by atoms with Gasteiger partial charge in [-0.05, 0) is 6.92 Å². The van der Waals surface area contributed by atoms with Crippen molar-refractivity contribution in [2.45, 2.75) is 25.5 Å². The van der Waals surface area contributed by atoms with Crippen LogP contribution in [0.4, 0.5) is 0 Å². The Balaban J connectivity index is 0. The summed E-state index contributed by atoms with van der Waals surface area (Å²) in [6, 6.07) is -1.04. The molecule has 2 atom stereocenters. The molecule has 93 valence electrons. The minimum absolute atomic E-state index is 0. The predicted molar refractivity (Wildman–Crippen MR) is 51.8 cm³/mol. The van der Waals surface area contributed by atoms with E-state index in [1.807, 2.05) is 12.2 Å². The van der Waals surface area contributed by atoms with E-state index in [4.69, 9.17) is 14.6 Å². The van der Waals surface area contributed by atoms with Crippen molar-refractivity contribution in [2.24, 2.45) is 0 Å². The molecule has 1 radical (unpaired) electrons. The Bertz CT molecular complexity index is 202. The molecule has 0 heterocycles. The van der Waals surface area contributed by atoms with Gasteiger partial charge in [-0.25, -0.2) is 4.79 Å².